The molecule has 26 heavy (non-hydrogen) atoms. The van der Waals surface area contributed by atoms with E-state index in [4.69, 9.17) is 9.47 Å². The first-order valence-corrected chi connectivity index (χ1v) is 10.7. The molecule has 4 aliphatic rings. The minimum absolute atomic E-state index is 0.0743. The Morgan fingerprint density at radius 3 is 2.00 bits per heavy atom. The molecule has 4 nitrogen and oxygen atoms in total. The summed E-state index contributed by atoms with van der Waals surface area (Å²) in [6.45, 7) is 6.51. The summed E-state index contributed by atoms with van der Waals surface area (Å²) >= 11 is 0. The minimum Gasteiger partial charge on any atom is -0.466 e. The number of carbonyl (C=O) groups is 2. The average Bonchev–Trinajstić information content (AvgIpc) is 2.53. The van der Waals surface area contributed by atoms with E-state index in [1.165, 1.54) is 38.5 Å². The molecule has 4 bridgehead atoms. The molecule has 0 amide bonds. The molecule has 1 atom stereocenters. The molecule has 4 heteroatoms. The zero-order valence-corrected chi connectivity index (χ0v) is 16.8. The van der Waals surface area contributed by atoms with Gasteiger partial charge in [-0.3, -0.25) is 9.59 Å². The van der Waals surface area contributed by atoms with E-state index in [1.807, 2.05) is 20.8 Å². The fourth-order valence-electron chi connectivity index (χ4n) is 5.83. The van der Waals surface area contributed by atoms with E-state index in [2.05, 4.69) is 0 Å². The van der Waals surface area contributed by atoms with Crippen molar-refractivity contribution in [2.75, 3.05) is 6.61 Å². The van der Waals surface area contributed by atoms with Crippen LogP contribution in [0.2, 0.25) is 0 Å². The molecule has 0 aliphatic heterocycles. The molecule has 4 aliphatic carbocycles. The highest BCUT2D eigenvalue weighted by Crippen LogP contribution is 2.61. The van der Waals surface area contributed by atoms with E-state index >= 15 is 0 Å². The van der Waals surface area contributed by atoms with Crippen LogP contribution in [0.15, 0.2) is 0 Å². The second kappa shape index (κ2) is 8.31. The molecule has 0 saturated heterocycles. The standard InChI is InChI=1S/C22H36O4/c1-15(2)16(3)26-21(24)6-4-5-20(23)25-8-7-22-12-17-9-18(13-22)11-19(10-17)14-22/h15-19H,4-14H2,1-3H3. The third-order valence-corrected chi connectivity index (χ3v) is 7.08. The Kier molecular flexibility index (Phi) is 6.29. The van der Waals surface area contributed by atoms with Crippen molar-refractivity contribution >= 4 is 11.9 Å². The van der Waals surface area contributed by atoms with Gasteiger partial charge in [0.25, 0.3) is 0 Å². The van der Waals surface area contributed by atoms with Gasteiger partial charge >= 0.3 is 11.9 Å². The number of hydrogen-bond donors (Lipinski definition) is 0. The summed E-state index contributed by atoms with van der Waals surface area (Å²) in [5.41, 5.74) is 0.464. The molecule has 0 heterocycles. The zero-order chi connectivity index (χ0) is 18.7. The smallest absolute Gasteiger partial charge is 0.306 e. The van der Waals surface area contributed by atoms with Crippen molar-refractivity contribution < 1.29 is 19.1 Å². The number of ether oxygens (including phenoxy) is 2. The number of esters is 2. The second-order valence-corrected chi connectivity index (χ2v) is 9.68. The van der Waals surface area contributed by atoms with Crippen molar-refractivity contribution in [2.45, 2.75) is 91.1 Å². The summed E-state index contributed by atoms with van der Waals surface area (Å²) in [5, 5.41) is 0. The Hall–Kier alpha value is -1.06. The van der Waals surface area contributed by atoms with Crippen LogP contribution in [-0.4, -0.2) is 24.6 Å². The normalized spacial score (nSPS) is 33.3. The van der Waals surface area contributed by atoms with Gasteiger partial charge in [0.2, 0.25) is 0 Å². The van der Waals surface area contributed by atoms with Gasteiger partial charge in [0.05, 0.1) is 6.61 Å². The monoisotopic (exact) mass is 364 g/mol. The van der Waals surface area contributed by atoms with E-state index in [-0.39, 0.29) is 18.0 Å². The predicted octanol–water partition coefficient (Wildman–Crippen LogP) is 4.89. The maximum atomic E-state index is 12.0. The first-order chi connectivity index (χ1) is 12.3. The van der Waals surface area contributed by atoms with Gasteiger partial charge in [0, 0.05) is 12.8 Å². The van der Waals surface area contributed by atoms with Crippen molar-refractivity contribution in [3.63, 3.8) is 0 Å². The second-order valence-electron chi connectivity index (χ2n) is 9.68. The van der Waals surface area contributed by atoms with Gasteiger partial charge in [0.1, 0.15) is 6.10 Å². The molecule has 0 aromatic heterocycles. The molecular weight excluding hydrogens is 328 g/mol. The SMILES string of the molecule is CC(C)C(C)OC(=O)CCCC(=O)OCCC12CC3CC(CC(C3)C1)C2. The number of hydrogen-bond acceptors (Lipinski definition) is 4. The van der Waals surface area contributed by atoms with Crippen LogP contribution >= 0.6 is 0 Å². The Labute approximate surface area is 158 Å². The van der Waals surface area contributed by atoms with Gasteiger partial charge in [-0.25, -0.2) is 0 Å². The lowest BCUT2D eigenvalue weighted by Crippen LogP contribution is -2.46. The first kappa shape index (κ1) is 19.7. The number of rotatable bonds is 9. The molecular formula is C22H36O4. The summed E-state index contributed by atoms with van der Waals surface area (Å²) in [7, 11) is 0. The third-order valence-electron chi connectivity index (χ3n) is 7.08. The van der Waals surface area contributed by atoms with Gasteiger partial charge in [0.15, 0.2) is 0 Å². The zero-order valence-electron chi connectivity index (χ0n) is 16.8. The van der Waals surface area contributed by atoms with Gasteiger partial charge in [-0.2, -0.15) is 0 Å². The molecule has 0 aromatic carbocycles. The van der Waals surface area contributed by atoms with Gasteiger partial charge in [-0.1, -0.05) is 13.8 Å². The summed E-state index contributed by atoms with van der Waals surface area (Å²) in [4.78, 5) is 23.7. The topological polar surface area (TPSA) is 52.6 Å². The van der Waals surface area contributed by atoms with E-state index in [9.17, 15) is 9.59 Å². The van der Waals surface area contributed by atoms with Crippen LogP contribution in [-0.2, 0) is 19.1 Å². The largest absolute Gasteiger partial charge is 0.466 e. The van der Waals surface area contributed by atoms with Crippen molar-refractivity contribution in [2.24, 2.45) is 29.1 Å². The van der Waals surface area contributed by atoms with Crippen molar-refractivity contribution in [3.8, 4) is 0 Å². The predicted molar refractivity (Wildman–Crippen MR) is 100 cm³/mol. The summed E-state index contributed by atoms with van der Waals surface area (Å²) in [5.74, 6) is 2.75. The van der Waals surface area contributed by atoms with Gasteiger partial charge in [-0.15, -0.1) is 0 Å². The van der Waals surface area contributed by atoms with Crippen molar-refractivity contribution in [3.05, 3.63) is 0 Å². The van der Waals surface area contributed by atoms with Crippen LogP contribution in [0.25, 0.3) is 0 Å². The average molecular weight is 365 g/mol. The van der Waals surface area contributed by atoms with E-state index in [1.54, 1.807) is 0 Å². The summed E-state index contributed by atoms with van der Waals surface area (Å²) in [6.07, 6.45) is 10.5. The molecule has 148 valence electrons. The molecule has 4 rings (SSSR count). The van der Waals surface area contributed by atoms with Crippen LogP contribution in [0.5, 0.6) is 0 Å². The molecule has 0 N–H and O–H groups in total. The van der Waals surface area contributed by atoms with Crippen LogP contribution in [0, 0.1) is 29.1 Å². The van der Waals surface area contributed by atoms with Crippen LogP contribution < -0.4 is 0 Å². The quantitative estimate of drug-likeness (QED) is 0.546. The summed E-state index contributed by atoms with van der Waals surface area (Å²) < 4.78 is 10.8. The highest BCUT2D eigenvalue weighted by Gasteiger charge is 2.50. The van der Waals surface area contributed by atoms with Crippen LogP contribution in [0.4, 0.5) is 0 Å². The van der Waals surface area contributed by atoms with E-state index in [0.29, 0.717) is 37.2 Å². The molecule has 0 aromatic rings. The van der Waals surface area contributed by atoms with Crippen molar-refractivity contribution in [1.29, 1.82) is 0 Å². The van der Waals surface area contributed by atoms with Gasteiger partial charge < -0.3 is 9.47 Å². The molecule has 0 spiro atoms. The van der Waals surface area contributed by atoms with Crippen molar-refractivity contribution in [1.82, 2.24) is 0 Å². The molecule has 1 unspecified atom stereocenters. The molecule has 4 saturated carbocycles. The highest BCUT2D eigenvalue weighted by molar-refractivity contribution is 5.72. The molecule has 0 radical (unpaired) electrons. The van der Waals surface area contributed by atoms with Gasteiger partial charge in [-0.05, 0) is 87.4 Å². The number of carbonyl (C=O) groups excluding carboxylic acids is 2. The van der Waals surface area contributed by atoms with E-state index in [0.717, 1.165) is 24.2 Å². The maximum Gasteiger partial charge on any atom is 0.306 e. The van der Waals surface area contributed by atoms with Crippen LogP contribution in [0.3, 0.4) is 0 Å². The third kappa shape index (κ3) is 5.01. The Balaban J connectivity index is 1.30. The first-order valence-electron chi connectivity index (χ1n) is 10.7. The molecule has 4 fully saturated rings. The lowest BCUT2D eigenvalue weighted by Gasteiger charge is -2.57. The highest BCUT2D eigenvalue weighted by atomic mass is 16.5. The fourth-order valence-corrected chi connectivity index (χ4v) is 5.83. The summed E-state index contributed by atoms with van der Waals surface area (Å²) in [6, 6.07) is 0. The lowest BCUT2D eigenvalue weighted by atomic mass is 9.49. The van der Waals surface area contributed by atoms with Crippen LogP contribution in [0.1, 0.15) is 85.0 Å². The Morgan fingerprint density at radius 2 is 1.46 bits per heavy atom. The minimum atomic E-state index is -0.215. The van der Waals surface area contributed by atoms with E-state index < -0.39 is 0 Å². The fraction of sp³-hybridized carbons (Fsp3) is 0.909. The lowest BCUT2D eigenvalue weighted by molar-refractivity contribution is -0.150. The Morgan fingerprint density at radius 1 is 0.923 bits per heavy atom. The maximum absolute atomic E-state index is 12.0. The Bertz CT molecular complexity index is 475.